The van der Waals surface area contributed by atoms with Gasteiger partial charge < -0.3 is 10.1 Å². The average Bonchev–Trinajstić information content (AvgIpc) is 2.84. The summed E-state index contributed by atoms with van der Waals surface area (Å²) in [5.41, 5.74) is 1.31. The van der Waals surface area contributed by atoms with Gasteiger partial charge in [0, 0.05) is 32.6 Å². The lowest BCUT2D eigenvalue weighted by Gasteiger charge is -2.39. The molecule has 3 rings (SSSR count). The Kier molecular flexibility index (Phi) is 3.40. The molecule has 0 amide bonds. The molecule has 4 nitrogen and oxygen atoms in total. The van der Waals surface area contributed by atoms with Gasteiger partial charge in [0.05, 0.1) is 29.3 Å². The third-order valence-electron chi connectivity index (χ3n) is 3.93. The van der Waals surface area contributed by atoms with E-state index in [1.165, 1.54) is 15.6 Å². The highest BCUT2D eigenvalue weighted by molar-refractivity contribution is 7.11. The highest BCUT2D eigenvalue weighted by atomic mass is 32.1. The van der Waals surface area contributed by atoms with E-state index >= 15 is 0 Å². The summed E-state index contributed by atoms with van der Waals surface area (Å²) in [6.07, 6.45) is 0.976. The van der Waals surface area contributed by atoms with Crippen LogP contribution in [0.5, 0.6) is 0 Å². The first-order valence-corrected chi connectivity index (χ1v) is 7.52. The molecule has 100 valence electrons. The van der Waals surface area contributed by atoms with Gasteiger partial charge in [0.1, 0.15) is 5.01 Å². The first-order chi connectivity index (χ1) is 8.68. The monoisotopic (exact) mass is 267 g/mol. The zero-order chi connectivity index (χ0) is 12.6. The Morgan fingerprint density at radius 1 is 1.33 bits per heavy atom. The van der Waals surface area contributed by atoms with E-state index in [4.69, 9.17) is 9.72 Å². The predicted octanol–water partition coefficient (Wildman–Crippen LogP) is 1.36. The number of nitrogens with one attached hydrogen (secondary N) is 1. The molecule has 0 aliphatic carbocycles. The number of hydrogen-bond acceptors (Lipinski definition) is 5. The van der Waals surface area contributed by atoms with Crippen molar-refractivity contribution in [2.75, 3.05) is 32.8 Å². The molecule has 1 saturated heterocycles. The molecule has 0 radical (unpaired) electrons. The Morgan fingerprint density at radius 3 is 2.83 bits per heavy atom. The van der Waals surface area contributed by atoms with Gasteiger partial charge in [-0.05, 0) is 13.8 Å². The van der Waals surface area contributed by atoms with Crippen LogP contribution < -0.4 is 5.32 Å². The van der Waals surface area contributed by atoms with Crippen LogP contribution in [0.1, 0.15) is 29.4 Å². The molecule has 1 aromatic heterocycles. The topological polar surface area (TPSA) is 37.4 Å². The second-order valence-electron chi connectivity index (χ2n) is 5.49. The van der Waals surface area contributed by atoms with E-state index in [1.807, 2.05) is 11.3 Å². The standard InChI is InChI=1S/C13H21N3OS/c1-13(2,16-6-4-14-5-7-16)12-15-10-3-8-17-9-11(10)18-12/h14H,3-9H2,1-2H3. The lowest BCUT2D eigenvalue weighted by molar-refractivity contribution is 0.101. The molecular formula is C13H21N3OS. The van der Waals surface area contributed by atoms with Gasteiger partial charge in [-0.15, -0.1) is 11.3 Å². The Hall–Kier alpha value is -0.490. The molecule has 18 heavy (non-hydrogen) atoms. The Balaban J connectivity index is 1.85. The van der Waals surface area contributed by atoms with Crippen molar-refractivity contribution in [3.05, 3.63) is 15.6 Å². The van der Waals surface area contributed by atoms with Gasteiger partial charge in [-0.2, -0.15) is 0 Å². The summed E-state index contributed by atoms with van der Waals surface area (Å²) in [5, 5.41) is 4.66. The van der Waals surface area contributed by atoms with Gasteiger partial charge in [-0.1, -0.05) is 0 Å². The minimum Gasteiger partial charge on any atom is -0.375 e. The fraction of sp³-hybridized carbons (Fsp3) is 0.769. The van der Waals surface area contributed by atoms with Crippen molar-refractivity contribution in [3.63, 3.8) is 0 Å². The van der Waals surface area contributed by atoms with Crippen LogP contribution in [-0.4, -0.2) is 42.7 Å². The molecule has 0 bridgehead atoms. The van der Waals surface area contributed by atoms with Crippen LogP contribution in [0.15, 0.2) is 0 Å². The second kappa shape index (κ2) is 4.89. The maximum Gasteiger partial charge on any atom is 0.113 e. The SMILES string of the molecule is CC(C)(c1nc2c(s1)COCC2)N1CCNCC1. The van der Waals surface area contributed by atoms with Crippen LogP contribution in [0.2, 0.25) is 0 Å². The fourth-order valence-electron chi connectivity index (χ4n) is 2.65. The maximum atomic E-state index is 5.51. The molecule has 0 aromatic carbocycles. The lowest BCUT2D eigenvalue weighted by atomic mass is 10.0. The molecule has 1 fully saturated rings. The fourth-order valence-corrected chi connectivity index (χ4v) is 3.82. The summed E-state index contributed by atoms with van der Waals surface area (Å²) in [7, 11) is 0. The van der Waals surface area contributed by atoms with E-state index in [9.17, 15) is 0 Å². The first-order valence-electron chi connectivity index (χ1n) is 6.70. The molecule has 0 spiro atoms. The van der Waals surface area contributed by atoms with Crippen molar-refractivity contribution in [1.82, 2.24) is 15.2 Å². The number of fused-ring (bicyclic) bond motifs is 1. The summed E-state index contributed by atoms with van der Waals surface area (Å²) < 4.78 is 5.51. The van der Waals surface area contributed by atoms with Crippen molar-refractivity contribution in [2.24, 2.45) is 0 Å². The number of piperazine rings is 1. The number of ether oxygens (including phenoxy) is 1. The van der Waals surface area contributed by atoms with Crippen LogP contribution in [0.4, 0.5) is 0 Å². The number of rotatable bonds is 2. The van der Waals surface area contributed by atoms with Crippen molar-refractivity contribution in [1.29, 1.82) is 0 Å². The Morgan fingerprint density at radius 2 is 2.11 bits per heavy atom. The van der Waals surface area contributed by atoms with Gasteiger partial charge in [0.15, 0.2) is 0 Å². The molecule has 2 aliphatic heterocycles. The largest absolute Gasteiger partial charge is 0.375 e. The summed E-state index contributed by atoms with van der Waals surface area (Å²) >= 11 is 1.84. The molecule has 3 heterocycles. The van der Waals surface area contributed by atoms with Crippen LogP contribution in [0.3, 0.4) is 0 Å². The van der Waals surface area contributed by atoms with Crippen molar-refractivity contribution in [2.45, 2.75) is 32.4 Å². The van der Waals surface area contributed by atoms with E-state index in [0.29, 0.717) is 0 Å². The first kappa shape index (κ1) is 12.5. The number of aromatic nitrogens is 1. The van der Waals surface area contributed by atoms with E-state index in [-0.39, 0.29) is 5.54 Å². The van der Waals surface area contributed by atoms with Gasteiger partial charge in [0.2, 0.25) is 0 Å². The van der Waals surface area contributed by atoms with Gasteiger partial charge in [0.25, 0.3) is 0 Å². The molecule has 1 N–H and O–H groups in total. The highest BCUT2D eigenvalue weighted by Crippen LogP contribution is 2.34. The van der Waals surface area contributed by atoms with E-state index in [2.05, 4.69) is 24.1 Å². The van der Waals surface area contributed by atoms with E-state index in [1.54, 1.807) is 0 Å². The molecule has 5 heteroatoms. The van der Waals surface area contributed by atoms with Gasteiger partial charge in [-0.25, -0.2) is 4.98 Å². The molecular weight excluding hydrogens is 246 g/mol. The van der Waals surface area contributed by atoms with Crippen molar-refractivity contribution >= 4 is 11.3 Å². The van der Waals surface area contributed by atoms with Crippen LogP contribution in [-0.2, 0) is 23.3 Å². The summed E-state index contributed by atoms with van der Waals surface area (Å²) in [5.74, 6) is 0. The van der Waals surface area contributed by atoms with Crippen LogP contribution in [0, 0.1) is 0 Å². The summed E-state index contributed by atoms with van der Waals surface area (Å²) in [6, 6.07) is 0. The molecule has 1 aromatic rings. The minimum absolute atomic E-state index is 0.0457. The zero-order valence-corrected chi connectivity index (χ0v) is 12.0. The zero-order valence-electron chi connectivity index (χ0n) is 11.2. The van der Waals surface area contributed by atoms with Crippen molar-refractivity contribution in [3.8, 4) is 0 Å². The second-order valence-corrected chi connectivity index (χ2v) is 6.57. The maximum absolute atomic E-state index is 5.51. The van der Waals surface area contributed by atoms with Gasteiger partial charge in [-0.3, -0.25) is 4.90 Å². The Labute approximate surface area is 112 Å². The third kappa shape index (κ3) is 2.20. The Bertz CT molecular complexity index is 400. The number of hydrogen-bond donors (Lipinski definition) is 1. The van der Waals surface area contributed by atoms with E-state index in [0.717, 1.165) is 45.8 Å². The van der Waals surface area contributed by atoms with Crippen LogP contribution >= 0.6 is 11.3 Å². The quantitative estimate of drug-likeness (QED) is 0.878. The van der Waals surface area contributed by atoms with Gasteiger partial charge >= 0.3 is 0 Å². The number of thiazole rings is 1. The normalized spacial score (nSPS) is 21.9. The summed E-state index contributed by atoms with van der Waals surface area (Å²) in [6.45, 7) is 10.5. The third-order valence-corrected chi connectivity index (χ3v) is 5.31. The minimum atomic E-state index is 0.0457. The lowest BCUT2D eigenvalue weighted by Crippen LogP contribution is -2.51. The molecule has 2 aliphatic rings. The smallest absolute Gasteiger partial charge is 0.113 e. The van der Waals surface area contributed by atoms with Crippen molar-refractivity contribution < 1.29 is 4.74 Å². The van der Waals surface area contributed by atoms with E-state index < -0.39 is 0 Å². The molecule has 0 unspecified atom stereocenters. The van der Waals surface area contributed by atoms with Crippen LogP contribution in [0.25, 0.3) is 0 Å². The predicted molar refractivity (Wildman–Crippen MR) is 72.9 cm³/mol. The average molecular weight is 267 g/mol. The number of nitrogens with zero attached hydrogens (tertiary/aromatic N) is 2. The highest BCUT2D eigenvalue weighted by Gasteiger charge is 2.33. The molecule has 0 saturated carbocycles. The molecule has 0 atom stereocenters. The summed E-state index contributed by atoms with van der Waals surface area (Å²) in [4.78, 5) is 8.74.